The van der Waals surface area contributed by atoms with E-state index in [9.17, 15) is 0 Å². The first-order chi connectivity index (χ1) is 31.2. The van der Waals surface area contributed by atoms with Crippen LogP contribution in [0.5, 0.6) is 0 Å². The molecule has 3 nitrogen and oxygen atoms in total. The van der Waals surface area contributed by atoms with Gasteiger partial charge in [-0.25, -0.2) is 0 Å². The van der Waals surface area contributed by atoms with Crippen LogP contribution in [0, 0.1) is 0 Å². The predicted octanol–water partition coefficient (Wildman–Crippen LogP) is 16.8. The molecule has 12 aromatic rings. The summed E-state index contributed by atoms with van der Waals surface area (Å²) < 4.78 is 8.95. The van der Waals surface area contributed by atoms with Crippen molar-refractivity contribution in [1.82, 2.24) is 4.57 Å². The molecule has 63 heavy (non-hydrogen) atoms. The molecule has 0 saturated carbocycles. The Morgan fingerprint density at radius 1 is 0.317 bits per heavy atom. The second-order valence-electron chi connectivity index (χ2n) is 16.1. The average molecular weight is 805 g/mol. The van der Waals surface area contributed by atoms with Gasteiger partial charge in [0.05, 0.1) is 27.8 Å². The lowest BCUT2D eigenvalue weighted by atomic mass is 9.94. The van der Waals surface area contributed by atoms with Gasteiger partial charge >= 0.3 is 0 Å². The number of anilines is 3. The van der Waals surface area contributed by atoms with E-state index in [0.717, 1.165) is 78.0 Å². The summed E-state index contributed by atoms with van der Waals surface area (Å²) in [5.74, 6) is 0. The normalized spacial score (nSPS) is 11.5. The molecule has 0 bridgehead atoms. The van der Waals surface area contributed by atoms with Crippen LogP contribution in [0.15, 0.2) is 247 Å². The van der Waals surface area contributed by atoms with Crippen LogP contribution in [0.4, 0.5) is 17.1 Å². The van der Waals surface area contributed by atoms with Gasteiger partial charge in [0, 0.05) is 33.1 Å². The number of aromatic nitrogens is 1. The minimum Gasteiger partial charge on any atom is -0.456 e. The Kier molecular flexibility index (Phi) is 8.83. The van der Waals surface area contributed by atoms with Gasteiger partial charge in [-0.15, -0.1) is 0 Å². The lowest BCUT2D eigenvalue weighted by Crippen LogP contribution is -2.12. The monoisotopic (exact) mass is 804 g/mol. The number of benzene rings is 10. The zero-order valence-electron chi connectivity index (χ0n) is 34.4. The van der Waals surface area contributed by atoms with Crippen LogP contribution in [0.3, 0.4) is 0 Å². The summed E-state index contributed by atoms with van der Waals surface area (Å²) >= 11 is 0. The largest absolute Gasteiger partial charge is 0.456 e. The topological polar surface area (TPSA) is 21.3 Å². The third kappa shape index (κ3) is 6.38. The molecule has 296 valence electrons. The highest BCUT2D eigenvalue weighted by Gasteiger charge is 2.24. The highest BCUT2D eigenvalue weighted by Crippen LogP contribution is 2.48. The number of hydrogen-bond donors (Lipinski definition) is 0. The van der Waals surface area contributed by atoms with E-state index in [1.165, 1.54) is 33.0 Å². The third-order valence-corrected chi connectivity index (χ3v) is 12.4. The van der Waals surface area contributed by atoms with Crippen molar-refractivity contribution in [1.29, 1.82) is 0 Å². The number of nitrogens with zero attached hydrogens (tertiary/aromatic N) is 2. The van der Waals surface area contributed by atoms with Crippen molar-refractivity contribution in [2.24, 2.45) is 0 Å². The van der Waals surface area contributed by atoms with Crippen LogP contribution in [-0.2, 0) is 0 Å². The van der Waals surface area contributed by atoms with E-state index >= 15 is 0 Å². The highest BCUT2D eigenvalue weighted by molar-refractivity contribution is 6.14. The van der Waals surface area contributed by atoms with Crippen molar-refractivity contribution < 1.29 is 4.42 Å². The first kappa shape index (κ1) is 36.5. The number of hydrogen-bond acceptors (Lipinski definition) is 2. The standard InChI is InChI=1S/C60H40N2O/c1-4-15-41(16-5-1)43-27-29-45(30-28-43)46-33-37-50(47-34-38-52-51-21-10-12-23-54(51)61(57(52)40-47)48-19-8-3-9-20-48)56(39-46)62(49-35-31-44(32-36-49)42-17-6-2-7-18-42)55-24-14-26-59-60(55)53-22-11-13-25-58(53)63-59/h1-40H. The molecular weight excluding hydrogens is 765 g/mol. The Morgan fingerprint density at radius 2 is 0.841 bits per heavy atom. The minimum atomic E-state index is 0.850. The van der Waals surface area contributed by atoms with E-state index in [4.69, 9.17) is 4.42 Å². The Hall–Kier alpha value is -8.40. The van der Waals surface area contributed by atoms with Gasteiger partial charge in [0.25, 0.3) is 0 Å². The zero-order chi connectivity index (χ0) is 41.7. The molecule has 0 amide bonds. The van der Waals surface area contributed by atoms with Gasteiger partial charge in [0.2, 0.25) is 0 Å². The van der Waals surface area contributed by atoms with Gasteiger partial charge in [-0.3, -0.25) is 0 Å². The van der Waals surface area contributed by atoms with E-state index in [2.05, 4.69) is 246 Å². The summed E-state index contributed by atoms with van der Waals surface area (Å²) in [6, 6.07) is 87.2. The Morgan fingerprint density at radius 3 is 1.56 bits per heavy atom. The second-order valence-corrected chi connectivity index (χ2v) is 16.1. The molecule has 0 aliphatic heterocycles. The summed E-state index contributed by atoms with van der Waals surface area (Å²) in [5, 5.41) is 4.61. The van der Waals surface area contributed by atoms with Gasteiger partial charge in [0.1, 0.15) is 11.2 Å². The molecule has 0 aliphatic carbocycles. The number of rotatable bonds is 8. The van der Waals surface area contributed by atoms with E-state index < -0.39 is 0 Å². The second kappa shape index (κ2) is 15.3. The fourth-order valence-corrected chi connectivity index (χ4v) is 9.40. The molecule has 3 heteroatoms. The average Bonchev–Trinajstić information content (AvgIpc) is 3.91. The summed E-state index contributed by atoms with van der Waals surface area (Å²) in [4.78, 5) is 2.44. The highest BCUT2D eigenvalue weighted by atomic mass is 16.3. The van der Waals surface area contributed by atoms with Crippen LogP contribution in [0.2, 0.25) is 0 Å². The number of para-hydroxylation sites is 3. The molecule has 0 fully saturated rings. The van der Waals surface area contributed by atoms with Crippen LogP contribution >= 0.6 is 0 Å². The van der Waals surface area contributed by atoms with Crippen LogP contribution in [-0.4, -0.2) is 4.57 Å². The lowest BCUT2D eigenvalue weighted by Gasteiger charge is -2.29. The van der Waals surface area contributed by atoms with E-state index in [-0.39, 0.29) is 0 Å². The smallest absolute Gasteiger partial charge is 0.137 e. The number of furan rings is 1. The van der Waals surface area contributed by atoms with Gasteiger partial charge in [-0.1, -0.05) is 182 Å². The summed E-state index contributed by atoms with van der Waals surface area (Å²) in [6.07, 6.45) is 0. The van der Waals surface area contributed by atoms with Crippen molar-refractivity contribution in [2.45, 2.75) is 0 Å². The zero-order valence-corrected chi connectivity index (χ0v) is 34.4. The van der Waals surface area contributed by atoms with Gasteiger partial charge < -0.3 is 13.9 Å². The first-order valence-electron chi connectivity index (χ1n) is 21.5. The maximum absolute atomic E-state index is 6.55. The van der Waals surface area contributed by atoms with Crippen LogP contribution in [0.1, 0.15) is 0 Å². The quantitative estimate of drug-likeness (QED) is 0.153. The Bertz CT molecular complexity index is 3590. The molecule has 10 aromatic carbocycles. The SMILES string of the molecule is c1ccc(-c2ccc(-c3ccc(-c4ccc5c6ccccc6n(-c6ccccc6)c5c4)c(N(c4ccc(-c5ccccc5)cc4)c4cccc5oc6ccccc6c45)c3)cc2)cc1. The molecule has 0 aliphatic rings. The molecule has 0 N–H and O–H groups in total. The van der Waals surface area contributed by atoms with E-state index in [1.54, 1.807) is 0 Å². The Balaban J connectivity index is 1.12. The third-order valence-electron chi connectivity index (χ3n) is 12.4. The molecular formula is C60H40N2O. The summed E-state index contributed by atoms with van der Waals surface area (Å²) in [6.45, 7) is 0. The molecule has 0 unspecified atom stereocenters. The van der Waals surface area contributed by atoms with Gasteiger partial charge in [-0.2, -0.15) is 0 Å². The van der Waals surface area contributed by atoms with Crippen molar-refractivity contribution >= 4 is 60.8 Å². The van der Waals surface area contributed by atoms with Crippen molar-refractivity contribution in [3.8, 4) is 50.2 Å². The Labute approximate surface area is 366 Å². The van der Waals surface area contributed by atoms with Crippen molar-refractivity contribution in [3.05, 3.63) is 243 Å². The van der Waals surface area contributed by atoms with Crippen LogP contribution in [0.25, 0.3) is 93.9 Å². The van der Waals surface area contributed by atoms with Crippen LogP contribution < -0.4 is 4.90 Å². The fraction of sp³-hybridized carbons (Fsp3) is 0. The molecule has 2 aromatic heterocycles. The molecule has 0 atom stereocenters. The lowest BCUT2D eigenvalue weighted by molar-refractivity contribution is 0.669. The molecule has 0 spiro atoms. The number of fused-ring (bicyclic) bond motifs is 6. The molecule has 2 heterocycles. The fourth-order valence-electron chi connectivity index (χ4n) is 9.40. The van der Waals surface area contributed by atoms with Crippen molar-refractivity contribution in [2.75, 3.05) is 4.90 Å². The summed E-state index contributed by atoms with van der Waals surface area (Å²) in [5.41, 5.74) is 17.6. The van der Waals surface area contributed by atoms with Crippen molar-refractivity contribution in [3.63, 3.8) is 0 Å². The minimum absolute atomic E-state index is 0.850. The van der Waals surface area contributed by atoms with E-state index in [0.29, 0.717) is 0 Å². The summed E-state index contributed by atoms with van der Waals surface area (Å²) in [7, 11) is 0. The van der Waals surface area contributed by atoms with Gasteiger partial charge in [-0.05, 0) is 99.6 Å². The maximum atomic E-state index is 6.55. The van der Waals surface area contributed by atoms with E-state index in [1.807, 2.05) is 6.07 Å². The van der Waals surface area contributed by atoms with Gasteiger partial charge in [0.15, 0.2) is 0 Å². The molecule has 0 saturated heterocycles. The first-order valence-corrected chi connectivity index (χ1v) is 21.5. The molecule has 12 rings (SSSR count). The maximum Gasteiger partial charge on any atom is 0.137 e. The predicted molar refractivity (Wildman–Crippen MR) is 264 cm³/mol. The molecule has 0 radical (unpaired) electrons.